The number of hydrogen-bond donors (Lipinski definition) is 1. The Kier molecular flexibility index (Phi) is 6.18. The minimum atomic E-state index is -4.50. The molecule has 0 bridgehead atoms. The molecule has 0 radical (unpaired) electrons. The molecule has 1 unspecified atom stereocenters. The summed E-state index contributed by atoms with van der Waals surface area (Å²) >= 11 is 7.36. The highest BCUT2D eigenvalue weighted by molar-refractivity contribution is 8.00. The highest BCUT2D eigenvalue weighted by Crippen LogP contribution is 2.35. The second kappa shape index (κ2) is 8.46. The SMILES string of the molecule is CNC(=O)C(C)Sc1nnc(-c2ccccc2Cl)n1-c1cccc(C(F)(F)F)c1. The lowest BCUT2D eigenvalue weighted by atomic mass is 10.1. The second-order valence-electron chi connectivity index (χ2n) is 6.04. The molecule has 1 heterocycles. The van der Waals surface area contributed by atoms with Crippen LogP contribution in [0.5, 0.6) is 0 Å². The number of halogens is 4. The Morgan fingerprint density at radius 1 is 1.17 bits per heavy atom. The number of aromatic nitrogens is 3. The summed E-state index contributed by atoms with van der Waals surface area (Å²) in [5.41, 5.74) is -0.0750. The molecule has 0 aliphatic heterocycles. The molecule has 1 N–H and O–H groups in total. The Balaban J connectivity index is 2.18. The van der Waals surface area contributed by atoms with Crippen molar-refractivity contribution in [2.45, 2.75) is 23.5 Å². The van der Waals surface area contributed by atoms with Crippen molar-refractivity contribution in [2.75, 3.05) is 7.05 Å². The Morgan fingerprint density at radius 3 is 2.55 bits per heavy atom. The molecule has 3 rings (SSSR count). The van der Waals surface area contributed by atoms with Crippen LogP contribution in [0.2, 0.25) is 5.02 Å². The molecule has 1 amide bonds. The van der Waals surface area contributed by atoms with Crippen molar-refractivity contribution >= 4 is 29.3 Å². The Labute approximate surface area is 174 Å². The lowest BCUT2D eigenvalue weighted by Crippen LogP contribution is -2.27. The maximum absolute atomic E-state index is 13.2. The summed E-state index contributed by atoms with van der Waals surface area (Å²) in [6.07, 6.45) is -4.50. The second-order valence-corrected chi connectivity index (χ2v) is 7.76. The van der Waals surface area contributed by atoms with Gasteiger partial charge in [0.2, 0.25) is 5.91 Å². The molecule has 10 heteroatoms. The molecular formula is C19H16ClF3N4OS. The van der Waals surface area contributed by atoms with Crippen LogP contribution in [-0.4, -0.2) is 33.0 Å². The quantitative estimate of drug-likeness (QED) is 0.577. The first-order valence-electron chi connectivity index (χ1n) is 8.48. The van der Waals surface area contributed by atoms with Gasteiger partial charge in [-0.25, -0.2) is 0 Å². The van der Waals surface area contributed by atoms with Gasteiger partial charge in [0, 0.05) is 12.6 Å². The van der Waals surface area contributed by atoms with Gasteiger partial charge in [-0.2, -0.15) is 13.2 Å². The molecular weight excluding hydrogens is 425 g/mol. The third kappa shape index (κ3) is 4.56. The van der Waals surface area contributed by atoms with Gasteiger partial charge in [0.05, 0.1) is 21.5 Å². The van der Waals surface area contributed by atoms with Gasteiger partial charge in [-0.3, -0.25) is 9.36 Å². The molecule has 5 nitrogen and oxygen atoms in total. The summed E-state index contributed by atoms with van der Waals surface area (Å²) < 4.78 is 41.2. The van der Waals surface area contributed by atoms with E-state index in [-0.39, 0.29) is 22.6 Å². The molecule has 2 aromatic carbocycles. The van der Waals surface area contributed by atoms with Gasteiger partial charge in [-0.15, -0.1) is 10.2 Å². The fourth-order valence-corrected chi connectivity index (χ4v) is 3.78. The van der Waals surface area contributed by atoms with Crippen LogP contribution in [0.3, 0.4) is 0 Å². The third-order valence-electron chi connectivity index (χ3n) is 4.08. The van der Waals surface area contributed by atoms with E-state index >= 15 is 0 Å². The first kappa shape index (κ1) is 21.2. The van der Waals surface area contributed by atoms with E-state index < -0.39 is 17.0 Å². The van der Waals surface area contributed by atoms with Gasteiger partial charge in [0.1, 0.15) is 0 Å². The van der Waals surface area contributed by atoms with Gasteiger partial charge in [0.15, 0.2) is 11.0 Å². The van der Waals surface area contributed by atoms with E-state index in [0.29, 0.717) is 10.6 Å². The molecule has 0 aliphatic carbocycles. The van der Waals surface area contributed by atoms with E-state index in [4.69, 9.17) is 11.6 Å². The number of hydrogen-bond acceptors (Lipinski definition) is 4. The molecule has 0 aliphatic rings. The van der Waals surface area contributed by atoms with Crippen LogP contribution in [0.25, 0.3) is 17.1 Å². The van der Waals surface area contributed by atoms with Crippen molar-refractivity contribution in [3.8, 4) is 17.1 Å². The highest BCUT2D eigenvalue weighted by atomic mass is 35.5. The van der Waals surface area contributed by atoms with E-state index in [9.17, 15) is 18.0 Å². The number of thioether (sulfide) groups is 1. The van der Waals surface area contributed by atoms with Crippen molar-refractivity contribution in [2.24, 2.45) is 0 Å². The number of carbonyl (C=O) groups is 1. The van der Waals surface area contributed by atoms with E-state index in [0.717, 1.165) is 23.9 Å². The number of benzene rings is 2. The van der Waals surface area contributed by atoms with Gasteiger partial charge < -0.3 is 5.32 Å². The topological polar surface area (TPSA) is 59.8 Å². The van der Waals surface area contributed by atoms with Crippen molar-refractivity contribution in [1.29, 1.82) is 0 Å². The van der Waals surface area contributed by atoms with Crippen LogP contribution in [-0.2, 0) is 11.0 Å². The molecule has 0 saturated carbocycles. The van der Waals surface area contributed by atoms with Crippen molar-refractivity contribution in [3.05, 3.63) is 59.1 Å². The van der Waals surface area contributed by atoms with Crippen molar-refractivity contribution in [1.82, 2.24) is 20.1 Å². The van der Waals surface area contributed by atoms with Gasteiger partial charge in [-0.05, 0) is 37.3 Å². The van der Waals surface area contributed by atoms with Crippen LogP contribution in [0, 0.1) is 0 Å². The summed E-state index contributed by atoms with van der Waals surface area (Å²) in [5, 5.41) is 10.9. The number of nitrogens with zero attached hydrogens (tertiary/aromatic N) is 3. The zero-order chi connectivity index (χ0) is 21.2. The standard InChI is InChI=1S/C19H16ClF3N4OS/c1-11(17(28)24-2)29-18-26-25-16(14-8-3-4-9-15(14)20)27(18)13-7-5-6-12(10-13)19(21,22)23/h3-11H,1-2H3,(H,24,28). The van der Waals surface area contributed by atoms with Gasteiger partial charge in [0.25, 0.3) is 0 Å². The molecule has 0 saturated heterocycles. The van der Waals surface area contributed by atoms with Crippen LogP contribution >= 0.6 is 23.4 Å². The lowest BCUT2D eigenvalue weighted by Gasteiger charge is -2.15. The maximum atomic E-state index is 13.2. The highest BCUT2D eigenvalue weighted by Gasteiger charge is 2.31. The van der Waals surface area contributed by atoms with Crippen molar-refractivity contribution in [3.63, 3.8) is 0 Å². The number of carbonyl (C=O) groups excluding carboxylic acids is 1. The summed E-state index contributed by atoms with van der Waals surface area (Å²) in [6, 6.07) is 11.7. The van der Waals surface area contributed by atoms with Gasteiger partial charge >= 0.3 is 6.18 Å². The van der Waals surface area contributed by atoms with Gasteiger partial charge in [-0.1, -0.05) is 41.6 Å². The third-order valence-corrected chi connectivity index (χ3v) is 5.45. The fourth-order valence-electron chi connectivity index (χ4n) is 2.63. The minimum absolute atomic E-state index is 0.214. The Bertz CT molecular complexity index is 1040. The molecule has 0 spiro atoms. The molecule has 152 valence electrons. The summed E-state index contributed by atoms with van der Waals surface area (Å²) in [5.74, 6) is 0.0365. The largest absolute Gasteiger partial charge is 0.416 e. The molecule has 1 aromatic heterocycles. The van der Waals surface area contributed by atoms with Crippen LogP contribution in [0.1, 0.15) is 12.5 Å². The van der Waals surface area contributed by atoms with Crippen LogP contribution < -0.4 is 5.32 Å². The fraction of sp³-hybridized carbons (Fsp3) is 0.211. The number of rotatable bonds is 5. The number of nitrogens with one attached hydrogen (secondary N) is 1. The van der Waals surface area contributed by atoms with Crippen LogP contribution in [0.15, 0.2) is 53.7 Å². The molecule has 1 atom stereocenters. The average molecular weight is 441 g/mol. The molecule has 29 heavy (non-hydrogen) atoms. The predicted octanol–water partition coefficient (Wildman–Crippen LogP) is 4.83. The summed E-state index contributed by atoms with van der Waals surface area (Å²) in [7, 11) is 1.51. The van der Waals surface area contributed by atoms with Crippen LogP contribution in [0.4, 0.5) is 13.2 Å². The zero-order valence-electron chi connectivity index (χ0n) is 15.4. The molecule has 0 fully saturated rings. The normalized spacial score (nSPS) is 12.6. The van der Waals surface area contributed by atoms with E-state index in [1.165, 1.54) is 23.7 Å². The van der Waals surface area contributed by atoms with Crippen molar-refractivity contribution < 1.29 is 18.0 Å². The minimum Gasteiger partial charge on any atom is -0.358 e. The maximum Gasteiger partial charge on any atom is 0.416 e. The Morgan fingerprint density at radius 2 is 1.90 bits per heavy atom. The van der Waals surface area contributed by atoms with E-state index in [1.807, 2.05) is 0 Å². The number of alkyl halides is 3. The number of amides is 1. The average Bonchev–Trinajstić information content (AvgIpc) is 3.10. The van der Waals surface area contributed by atoms with E-state index in [1.54, 1.807) is 31.2 Å². The first-order chi connectivity index (χ1) is 13.7. The Hall–Kier alpha value is -2.52. The lowest BCUT2D eigenvalue weighted by molar-refractivity contribution is -0.137. The predicted molar refractivity (Wildman–Crippen MR) is 106 cm³/mol. The molecule has 3 aromatic rings. The zero-order valence-corrected chi connectivity index (χ0v) is 16.9. The summed E-state index contributed by atoms with van der Waals surface area (Å²) in [6.45, 7) is 1.67. The monoisotopic (exact) mass is 440 g/mol. The smallest absolute Gasteiger partial charge is 0.358 e. The summed E-state index contributed by atoms with van der Waals surface area (Å²) in [4.78, 5) is 11.9. The first-order valence-corrected chi connectivity index (χ1v) is 9.74. The van der Waals surface area contributed by atoms with E-state index in [2.05, 4.69) is 15.5 Å².